The highest BCUT2D eigenvalue weighted by atomic mass is 16.5. The summed E-state index contributed by atoms with van der Waals surface area (Å²) in [5.41, 5.74) is 4.50. The number of nitrogens with zero attached hydrogens (tertiary/aromatic N) is 3. The second kappa shape index (κ2) is 9.51. The fraction of sp³-hybridized carbons (Fsp3) is 0.565. The third-order valence-corrected chi connectivity index (χ3v) is 6.14. The minimum Gasteiger partial charge on any atom is -0.493 e. The highest BCUT2D eigenvalue weighted by Gasteiger charge is 2.41. The molecule has 0 saturated carbocycles. The van der Waals surface area contributed by atoms with Crippen LogP contribution in [-0.4, -0.2) is 58.9 Å². The van der Waals surface area contributed by atoms with E-state index in [1.807, 2.05) is 34.3 Å². The van der Waals surface area contributed by atoms with Gasteiger partial charge in [0, 0.05) is 31.1 Å². The van der Waals surface area contributed by atoms with Gasteiger partial charge in [-0.15, -0.1) is 0 Å². The van der Waals surface area contributed by atoms with Crippen molar-refractivity contribution in [2.24, 2.45) is 0 Å². The SMILES string of the molecule is CCCCOc1ccccc1C1CC2C(=O)N(CC(=O)N3CCCCC3)C=CN2N1. The molecule has 162 valence electrons. The summed E-state index contributed by atoms with van der Waals surface area (Å²) in [5.74, 6) is 0.887. The number of amides is 2. The van der Waals surface area contributed by atoms with E-state index in [0.717, 1.165) is 50.1 Å². The van der Waals surface area contributed by atoms with Crippen molar-refractivity contribution in [3.8, 4) is 5.75 Å². The van der Waals surface area contributed by atoms with Crippen LogP contribution in [0.3, 0.4) is 0 Å². The van der Waals surface area contributed by atoms with Crippen LogP contribution >= 0.6 is 0 Å². The van der Waals surface area contributed by atoms with Crippen LogP contribution in [0.25, 0.3) is 0 Å². The summed E-state index contributed by atoms with van der Waals surface area (Å²) in [7, 11) is 0. The Labute approximate surface area is 178 Å². The first-order valence-electron chi connectivity index (χ1n) is 11.2. The first-order chi connectivity index (χ1) is 14.7. The molecule has 7 nitrogen and oxygen atoms in total. The summed E-state index contributed by atoms with van der Waals surface area (Å²) < 4.78 is 5.99. The number of nitrogens with one attached hydrogen (secondary N) is 1. The molecule has 7 heteroatoms. The summed E-state index contributed by atoms with van der Waals surface area (Å²) in [6, 6.07) is 7.72. The number of piperidine rings is 1. The average Bonchev–Trinajstić information content (AvgIpc) is 3.22. The number of unbranched alkanes of at least 4 members (excludes halogenated alkanes) is 1. The lowest BCUT2D eigenvalue weighted by atomic mass is 10.00. The molecule has 2 saturated heterocycles. The minimum absolute atomic E-state index is 0.000766. The first kappa shape index (κ1) is 20.7. The molecule has 0 aromatic heterocycles. The summed E-state index contributed by atoms with van der Waals surface area (Å²) >= 11 is 0. The molecular weight excluding hydrogens is 380 g/mol. The molecule has 2 fully saturated rings. The molecule has 1 aromatic rings. The van der Waals surface area contributed by atoms with Crippen molar-refractivity contribution in [1.82, 2.24) is 20.2 Å². The molecule has 2 atom stereocenters. The van der Waals surface area contributed by atoms with E-state index in [9.17, 15) is 9.59 Å². The van der Waals surface area contributed by atoms with E-state index in [0.29, 0.717) is 13.0 Å². The number of benzene rings is 1. The van der Waals surface area contributed by atoms with Gasteiger partial charge in [-0.2, -0.15) is 0 Å². The molecule has 0 bridgehead atoms. The van der Waals surface area contributed by atoms with Gasteiger partial charge in [0.05, 0.1) is 12.6 Å². The number of hydrogen-bond donors (Lipinski definition) is 1. The predicted octanol–water partition coefficient (Wildman–Crippen LogP) is 2.81. The maximum absolute atomic E-state index is 13.1. The van der Waals surface area contributed by atoms with Gasteiger partial charge in [0.2, 0.25) is 5.91 Å². The van der Waals surface area contributed by atoms with Crippen molar-refractivity contribution in [3.63, 3.8) is 0 Å². The van der Waals surface area contributed by atoms with Crippen LogP contribution in [-0.2, 0) is 9.59 Å². The Morgan fingerprint density at radius 1 is 1.17 bits per heavy atom. The van der Waals surface area contributed by atoms with Gasteiger partial charge < -0.3 is 19.5 Å². The number of likely N-dealkylation sites (tertiary alicyclic amines) is 1. The van der Waals surface area contributed by atoms with Gasteiger partial charge in [0.15, 0.2) is 0 Å². The first-order valence-corrected chi connectivity index (χ1v) is 11.2. The normalized spacial score (nSPS) is 23.6. The number of para-hydroxylation sites is 1. The number of hydrazine groups is 1. The lowest BCUT2D eigenvalue weighted by molar-refractivity contribution is -0.142. The fourth-order valence-electron chi connectivity index (χ4n) is 4.39. The maximum Gasteiger partial charge on any atom is 0.251 e. The van der Waals surface area contributed by atoms with E-state index in [4.69, 9.17) is 4.74 Å². The number of carbonyl (C=O) groups excluding carboxylic acids is 2. The Hall–Kier alpha value is -2.54. The van der Waals surface area contributed by atoms with Gasteiger partial charge in [0.25, 0.3) is 5.91 Å². The third kappa shape index (κ3) is 4.46. The molecule has 4 rings (SSSR count). The van der Waals surface area contributed by atoms with E-state index < -0.39 is 0 Å². The van der Waals surface area contributed by atoms with Crippen molar-refractivity contribution >= 4 is 11.8 Å². The van der Waals surface area contributed by atoms with Crippen LogP contribution < -0.4 is 10.2 Å². The zero-order valence-electron chi connectivity index (χ0n) is 17.8. The summed E-state index contributed by atoms with van der Waals surface area (Å²) in [6.07, 6.45) is 9.63. The topological polar surface area (TPSA) is 65.1 Å². The van der Waals surface area contributed by atoms with Gasteiger partial charge in [-0.25, -0.2) is 5.43 Å². The van der Waals surface area contributed by atoms with Crippen molar-refractivity contribution in [1.29, 1.82) is 0 Å². The summed E-state index contributed by atoms with van der Waals surface area (Å²) in [5, 5.41) is 1.87. The highest BCUT2D eigenvalue weighted by molar-refractivity contribution is 5.89. The second-order valence-corrected chi connectivity index (χ2v) is 8.29. The van der Waals surface area contributed by atoms with Crippen molar-refractivity contribution in [2.45, 2.75) is 57.5 Å². The van der Waals surface area contributed by atoms with Crippen LogP contribution in [0.2, 0.25) is 0 Å². The quantitative estimate of drug-likeness (QED) is 0.698. The fourth-order valence-corrected chi connectivity index (χ4v) is 4.39. The monoisotopic (exact) mass is 412 g/mol. The summed E-state index contributed by atoms with van der Waals surface area (Å²) in [4.78, 5) is 29.2. The number of ether oxygens (including phenoxy) is 1. The van der Waals surface area contributed by atoms with Gasteiger partial charge in [-0.1, -0.05) is 31.5 Å². The van der Waals surface area contributed by atoms with Crippen LogP contribution in [0.5, 0.6) is 5.75 Å². The van der Waals surface area contributed by atoms with Gasteiger partial charge in [0.1, 0.15) is 18.3 Å². The molecule has 3 heterocycles. The number of rotatable bonds is 7. The van der Waals surface area contributed by atoms with Gasteiger partial charge in [-0.05, 0) is 38.2 Å². The van der Waals surface area contributed by atoms with E-state index in [2.05, 4.69) is 18.4 Å². The Morgan fingerprint density at radius 2 is 1.97 bits per heavy atom. The molecule has 1 N–H and O–H groups in total. The lowest BCUT2D eigenvalue weighted by Gasteiger charge is -2.33. The standard InChI is InChI=1S/C23H32N4O3/c1-2-3-15-30-21-10-6-5-9-18(21)19-16-20-23(29)26(13-14-27(20)24-19)17-22(28)25-11-7-4-8-12-25/h5-6,9-10,13-14,19-20,24H,2-4,7-8,11-12,15-17H2,1H3. The maximum atomic E-state index is 13.1. The summed E-state index contributed by atoms with van der Waals surface area (Å²) in [6.45, 7) is 4.57. The van der Waals surface area contributed by atoms with E-state index in [1.54, 1.807) is 11.1 Å². The zero-order chi connectivity index (χ0) is 20.9. The third-order valence-electron chi connectivity index (χ3n) is 6.14. The Morgan fingerprint density at radius 3 is 2.77 bits per heavy atom. The van der Waals surface area contributed by atoms with Crippen LogP contribution in [0.1, 0.15) is 57.1 Å². The smallest absolute Gasteiger partial charge is 0.251 e. The Bertz CT molecular complexity index is 790. The predicted molar refractivity (Wildman–Crippen MR) is 114 cm³/mol. The second-order valence-electron chi connectivity index (χ2n) is 8.29. The van der Waals surface area contributed by atoms with Crippen molar-refractivity contribution < 1.29 is 14.3 Å². The minimum atomic E-state index is -0.308. The Balaban J connectivity index is 1.40. The Kier molecular flexibility index (Phi) is 6.57. The van der Waals surface area contributed by atoms with Gasteiger partial charge >= 0.3 is 0 Å². The van der Waals surface area contributed by atoms with Crippen molar-refractivity contribution in [2.75, 3.05) is 26.2 Å². The highest BCUT2D eigenvalue weighted by Crippen LogP contribution is 2.35. The average molecular weight is 413 g/mol. The van der Waals surface area contributed by atoms with Gasteiger partial charge in [-0.3, -0.25) is 9.59 Å². The largest absolute Gasteiger partial charge is 0.493 e. The molecule has 2 unspecified atom stereocenters. The lowest BCUT2D eigenvalue weighted by Crippen LogP contribution is -2.51. The molecule has 30 heavy (non-hydrogen) atoms. The number of fused-ring (bicyclic) bond motifs is 1. The molecule has 0 radical (unpaired) electrons. The van der Waals surface area contributed by atoms with Crippen LogP contribution in [0.4, 0.5) is 0 Å². The molecule has 2 amide bonds. The molecular formula is C23H32N4O3. The molecule has 0 aliphatic carbocycles. The number of hydrogen-bond acceptors (Lipinski definition) is 5. The van der Waals surface area contributed by atoms with Crippen LogP contribution in [0.15, 0.2) is 36.7 Å². The molecule has 0 spiro atoms. The molecule has 3 aliphatic heterocycles. The van der Waals surface area contributed by atoms with E-state index in [1.165, 1.54) is 6.42 Å². The molecule has 1 aromatic carbocycles. The zero-order valence-corrected chi connectivity index (χ0v) is 17.8. The van der Waals surface area contributed by atoms with E-state index >= 15 is 0 Å². The van der Waals surface area contributed by atoms with Crippen molar-refractivity contribution in [3.05, 3.63) is 42.2 Å². The van der Waals surface area contributed by atoms with Crippen LogP contribution in [0, 0.1) is 0 Å². The molecule has 3 aliphatic rings. The van der Waals surface area contributed by atoms with E-state index in [-0.39, 0.29) is 30.4 Å². The number of carbonyl (C=O) groups is 2.